The van der Waals surface area contributed by atoms with Gasteiger partial charge in [0.2, 0.25) is 0 Å². The van der Waals surface area contributed by atoms with Gasteiger partial charge in [0, 0.05) is 23.1 Å². The summed E-state index contributed by atoms with van der Waals surface area (Å²) in [5.41, 5.74) is -7.03. The van der Waals surface area contributed by atoms with E-state index in [1.54, 1.807) is 0 Å². The fraction of sp³-hybridized carbons (Fsp3) is 0.375. The number of aromatic nitrogens is 1. The third kappa shape index (κ3) is 3.22. The fourth-order valence-corrected chi connectivity index (χ4v) is 4.21. The van der Waals surface area contributed by atoms with Crippen molar-refractivity contribution in [2.24, 2.45) is 0 Å². The summed E-state index contributed by atoms with van der Waals surface area (Å²) in [4.78, 5) is -1.12. The zero-order valence-electron chi connectivity index (χ0n) is 13.5. The van der Waals surface area contributed by atoms with Crippen LogP contribution in [0.25, 0.3) is 5.69 Å². The molecule has 0 fully saturated rings. The average Bonchev–Trinajstić information content (AvgIpc) is 2.95. The molecule has 0 amide bonds. The number of nitrogens with zero attached hydrogens (tertiary/aromatic N) is 1. The first-order chi connectivity index (χ1) is 12.4. The van der Waals surface area contributed by atoms with Crippen molar-refractivity contribution < 1.29 is 39.9 Å². The number of alkyl halides is 5. The van der Waals surface area contributed by atoms with Crippen molar-refractivity contribution in [3.63, 3.8) is 0 Å². The van der Waals surface area contributed by atoms with E-state index in [9.17, 15) is 39.9 Å². The fourth-order valence-electron chi connectivity index (χ4n) is 3.17. The molecule has 148 valence electrons. The lowest BCUT2D eigenvalue weighted by Crippen LogP contribution is -2.25. The van der Waals surface area contributed by atoms with Crippen LogP contribution in [0.2, 0.25) is 0 Å². The minimum Gasteiger partial charge on any atom is -0.388 e. The molecule has 1 aromatic heterocycles. The van der Waals surface area contributed by atoms with Gasteiger partial charge in [0.1, 0.15) is 10.7 Å². The number of aliphatic hydroxyl groups is 1. The van der Waals surface area contributed by atoms with Crippen LogP contribution >= 0.6 is 0 Å². The van der Waals surface area contributed by atoms with E-state index in [4.69, 9.17) is 0 Å². The summed E-state index contributed by atoms with van der Waals surface area (Å²) < 4.78 is 103. The van der Waals surface area contributed by atoms with Gasteiger partial charge < -0.3 is 9.67 Å². The van der Waals surface area contributed by atoms with Crippen molar-refractivity contribution in [2.45, 2.75) is 42.2 Å². The Morgan fingerprint density at radius 1 is 1.22 bits per heavy atom. The molecule has 4 nitrogen and oxygen atoms in total. The normalized spacial score (nSPS) is 18.0. The predicted octanol–water partition coefficient (Wildman–Crippen LogP) is 4.22. The maximum Gasteiger partial charge on any atom is 0.501 e. The van der Waals surface area contributed by atoms with Gasteiger partial charge in [0.15, 0.2) is 0 Å². The second-order valence-electron chi connectivity index (χ2n) is 6.09. The minimum absolute atomic E-state index is 0.0586. The number of fused-ring (bicyclic) bond motifs is 1. The standard InChI is InChI=1S/C16H13F6NO3S/c17-10-5-4-8(6-9(10)15(18)19)23-7-13(27(25,26)16(20,21)22)14-11(23)2-1-3-12(14)24/h4-7,12,15,24H,1-3H2/t12-/m1/s1. The summed E-state index contributed by atoms with van der Waals surface area (Å²) in [6.45, 7) is 0. The largest absolute Gasteiger partial charge is 0.501 e. The molecular weight excluding hydrogens is 400 g/mol. The van der Waals surface area contributed by atoms with Crippen LogP contribution < -0.4 is 0 Å². The molecule has 1 aliphatic rings. The highest BCUT2D eigenvalue weighted by Crippen LogP contribution is 2.42. The van der Waals surface area contributed by atoms with Crippen molar-refractivity contribution in [3.05, 3.63) is 47.0 Å². The van der Waals surface area contributed by atoms with Crippen LogP contribution in [0, 0.1) is 5.82 Å². The number of aliphatic hydroxyl groups excluding tert-OH is 1. The predicted molar refractivity (Wildman–Crippen MR) is 81.8 cm³/mol. The highest BCUT2D eigenvalue weighted by molar-refractivity contribution is 7.92. The molecular formula is C16H13F6NO3S. The smallest absolute Gasteiger partial charge is 0.388 e. The Bertz CT molecular complexity index is 981. The second-order valence-corrected chi connectivity index (χ2v) is 8.00. The van der Waals surface area contributed by atoms with Gasteiger partial charge in [0.05, 0.1) is 11.7 Å². The zero-order valence-corrected chi connectivity index (χ0v) is 14.3. The van der Waals surface area contributed by atoms with E-state index >= 15 is 0 Å². The van der Waals surface area contributed by atoms with Crippen LogP contribution in [0.5, 0.6) is 0 Å². The van der Waals surface area contributed by atoms with E-state index in [0.717, 1.165) is 22.8 Å². The topological polar surface area (TPSA) is 59.3 Å². The Kier molecular flexibility index (Phi) is 4.79. The third-order valence-electron chi connectivity index (χ3n) is 4.42. The van der Waals surface area contributed by atoms with Crippen LogP contribution in [0.3, 0.4) is 0 Å². The third-order valence-corrected chi connectivity index (χ3v) is 5.94. The van der Waals surface area contributed by atoms with E-state index in [2.05, 4.69) is 0 Å². The van der Waals surface area contributed by atoms with Gasteiger partial charge in [-0.2, -0.15) is 13.2 Å². The summed E-state index contributed by atoms with van der Waals surface area (Å²) in [5.74, 6) is -1.20. The molecule has 3 rings (SSSR count). The maximum absolute atomic E-state index is 13.5. The molecule has 0 radical (unpaired) electrons. The molecule has 1 atom stereocenters. The number of benzene rings is 1. The first-order valence-corrected chi connectivity index (χ1v) is 9.25. The zero-order chi connectivity index (χ0) is 20.1. The van der Waals surface area contributed by atoms with Gasteiger partial charge in [-0.3, -0.25) is 0 Å². The van der Waals surface area contributed by atoms with Crippen LogP contribution in [0.15, 0.2) is 29.3 Å². The molecule has 0 unspecified atom stereocenters. The molecule has 27 heavy (non-hydrogen) atoms. The average molecular weight is 413 g/mol. The van der Waals surface area contributed by atoms with Crippen molar-refractivity contribution in [3.8, 4) is 5.69 Å². The Morgan fingerprint density at radius 3 is 2.48 bits per heavy atom. The van der Waals surface area contributed by atoms with E-state index in [0.29, 0.717) is 12.6 Å². The Labute approximate surface area is 150 Å². The maximum atomic E-state index is 13.5. The Morgan fingerprint density at radius 2 is 1.89 bits per heavy atom. The Hall–Kier alpha value is -2.01. The lowest BCUT2D eigenvalue weighted by molar-refractivity contribution is -0.0437. The first kappa shape index (κ1) is 19.7. The van der Waals surface area contributed by atoms with Crippen molar-refractivity contribution in [2.75, 3.05) is 0 Å². The van der Waals surface area contributed by atoms with Crippen molar-refractivity contribution in [1.29, 1.82) is 0 Å². The summed E-state index contributed by atoms with van der Waals surface area (Å²) in [7, 11) is -5.78. The van der Waals surface area contributed by atoms with E-state index < -0.39 is 49.7 Å². The number of halogens is 6. The quantitative estimate of drug-likeness (QED) is 0.767. The van der Waals surface area contributed by atoms with E-state index in [1.165, 1.54) is 0 Å². The lowest BCUT2D eigenvalue weighted by atomic mass is 9.95. The van der Waals surface area contributed by atoms with Gasteiger partial charge in [-0.25, -0.2) is 21.6 Å². The number of rotatable bonds is 3. The molecule has 0 spiro atoms. The highest BCUT2D eigenvalue weighted by Gasteiger charge is 2.50. The summed E-state index contributed by atoms with van der Waals surface area (Å²) in [6, 6.07) is 2.51. The number of hydrogen-bond donors (Lipinski definition) is 1. The van der Waals surface area contributed by atoms with Gasteiger partial charge in [0.25, 0.3) is 16.3 Å². The number of sulfone groups is 1. The van der Waals surface area contributed by atoms with Crippen LogP contribution in [-0.4, -0.2) is 23.6 Å². The Balaban J connectivity index is 2.28. The first-order valence-electron chi connectivity index (χ1n) is 7.76. The molecule has 2 aromatic rings. The van der Waals surface area contributed by atoms with Crippen molar-refractivity contribution >= 4 is 9.84 Å². The van der Waals surface area contributed by atoms with E-state index in [1.807, 2.05) is 0 Å². The molecule has 1 heterocycles. The molecule has 11 heteroatoms. The molecule has 1 N–H and O–H groups in total. The summed E-state index contributed by atoms with van der Waals surface area (Å²) >= 11 is 0. The molecule has 1 aliphatic carbocycles. The number of hydrogen-bond acceptors (Lipinski definition) is 3. The second kappa shape index (κ2) is 6.55. The SMILES string of the molecule is O=S(=O)(c1cn(-c2ccc(F)c(C(F)F)c2)c2c1[C@H](O)CCC2)C(F)(F)F. The molecule has 1 aromatic carbocycles. The molecule has 0 aliphatic heterocycles. The lowest BCUT2D eigenvalue weighted by Gasteiger charge is -2.21. The monoisotopic (exact) mass is 413 g/mol. The minimum atomic E-state index is -5.78. The van der Waals surface area contributed by atoms with Gasteiger partial charge in [-0.05, 0) is 37.5 Å². The van der Waals surface area contributed by atoms with Crippen molar-refractivity contribution in [1.82, 2.24) is 4.57 Å². The van der Waals surface area contributed by atoms with E-state index in [-0.39, 0.29) is 24.2 Å². The van der Waals surface area contributed by atoms with Gasteiger partial charge in [-0.15, -0.1) is 0 Å². The highest BCUT2D eigenvalue weighted by atomic mass is 32.2. The van der Waals surface area contributed by atoms with Gasteiger partial charge in [-0.1, -0.05) is 0 Å². The van der Waals surface area contributed by atoms with Gasteiger partial charge >= 0.3 is 5.51 Å². The van der Waals surface area contributed by atoms with Crippen LogP contribution in [-0.2, 0) is 16.3 Å². The summed E-state index contributed by atoms with van der Waals surface area (Å²) in [6.07, 6.45) is -3.43. The molecule has 0 saturated carbocycles. The van der Waals surface area contributed by atoms with Crippen LogP contribution in [0.4, 0.5) is 26.3 Å². The van der Waals surface area contributed by atoms with Crippen LogP contribution in [0.1, 0.15) is 42.2 Å². The molecule has 0 bridgehead atoms. The molecule has 0 saturated heterocycles. The summed E-state index contributed by atoms with van der Waals surface area (Å²) in [5, 5.41) is 10.1.